The molecule has 2 heteroatoms. The van der Waals surface area contributed by atoms with Gasteiger partial charge in [0.15, 0.2) is 0 Å². The minimum Gasteiger partial charge on any atom is -0.306 e. The van der Waals surface area contributed by atoms with E-state index in [-0.39, 0.29) is 5.78 Å². The molecule has 1 atom stereocenters. The van der Waals surface area contributed by atoms with Crippen LogP contribution in [0.25, 0.3) is 4.85 Å². The molecule has 0 fully saturated rings. The fourth-order valence-corrected chi connectivity index (χ4v) is 0.0909. The molecule has 7 heavy (non-hydrogen) atoms. The number of nitrogens with zero attached hydrogens (tertiary/aromatic N) is 1. The zero-order valence-electron chi connectivity index (χ0n) is 4.43. The molecule has 0 aliphatic rings. The van der Waals surface area contributed by atoms with Crippen LogP contribution < -0.4 is 0 Å². The molecule has 0 aliphatic carbocycles. The Bertz CT molecular complexity index is 112. The molecule has 0 N–H and O–H groups in total. The molecule has 0 radical (unpaired) electrons. The first-order chi connectivity index (χ1) is 3.18. The summed E-state index contributed by atoms with van der Waals surface area (Å²) in [5.41, 5.74) is 0. The van der Waals surface area contributed by atoms with E-state index in [1.807, 2.05) is 0 Å². The predicted molar refractivity (Wildman–Crippen MR) is 26.7 cm³/mol. The number of carbonyl (C=O) groups excluding carboxylic acids is 1. The summed E-state index contributed by atoms with van der Waals surface area (Å²) in [6.45, 7) is 9.36. The van der Waals surface area contributed by atoms with Gasteiger partial charge in [0, 0.05) is 13.8 Å². The van der Waals surface area contributed by atoms with Crippen LogP contribution in [0.2, 0.25) is 0 Å². The van der Waals surface area contributed by atoms with Gasteiger partial charge in [-0.15, -0.1) is 0 Å². The van der Waals surface area contributed by atoms with E-state index in [0.717, 1.165) is 0 Å². The summed E-state index contributed by atoms with van der Waals surface area (Å²) >= 11 is 0. The van der Waals surface area contributed by atoms with Gasteiger partial charge >= 0.3 is 0 Å². The second kappa shape index (κ2) is 2.35. The van der Waals surface area contributed by atoms with Crippen molar-refractivity contribution >= 4 is 5.78 Å². The highest BCUT2D eigenvalue weighted by Gasteiger charge is 2.07. The van der Waals surface area contributed by atoms with Crippen LogP contribution in [0, 0.1) is 6.57 Å². The third-order valence-corrected chi connectivity index (χ3v) is 0.782. The highest BCUT2D eigenvalue weighted by molar-refractivity contribution is 5.82. The monoisotopic (exact) mass is 97.1 g/mol. The number of Topliss-reactive ketones (excluding diaryl/α,β-unsaturated/α-hetero) is 1. The van der Waals surface area contributed by atoms with Crippen molar-refractivity contribution in [3.8, 4) is 0 Å². The molecule has 0 spiro atoms. The van der Waals surface area contributed by atoms with Gasteiger partial charge in [0.05, 0.1) is 0 Å². The van der Waals surface area contributed by atoms with Crippen LogP contribution in [0.3, 0.4) is 0 Å². The first kappa shape index (κ1) is 6.16. The van der Waals surface area contributed by atoms with E-state index in [9.17, 15) is 4.79 Å². The van der Waals surface area contributed by atoms with Gasteiger partial charge in [-0.1, -0.05) is 0 Å². The molecule has 0 saturated carbocycles. The third kappa shape index (κ3) is 1.94. The van der Waals surface area contributed by atoms with Crippen LogP contribution in [-0.2, 0) is 4.79 Å². The normalized spacial score (nSPS) is 12.1. The Hall–Kier alpha value is -0.840. The lowest BCUT2D eigenvalue weighted by Crippen LogP contribution is -2.06. The molecule has 0 bridgehead atoms. The largest absolute Gasteiger partial charge is 0.306 e. The standard InChI is InChI=1S/C5H7NO/c1-4(6-3)5(2)7/h4H,1-2H3. The second-order valence-corrected chi connectivity index (χ2v) is 1.42. The summed E-state index contributed by atoms with van der Waals surface area (Å²) in [6, 6.07) is -0.444. The van der Waals surface area contributed by atoms with Crippen LogP contribution in [0.5, 0.6) is 0 Å². The Morgan fingerprint density at radius 1 is 1.86 bits per heavy atom. The third-order valence-electron chi connectivity index (χ3n) is 0.782. The van der Waals surface area contributed by atoms with Crippen LogP contribution in [0.4, 0.5) is 0 Å². The number of ketones is 1. The summed E-state index contributed by atoms with van der Waals surface area (Å²) in [4.78, 5) is 13.1. The average Bonchev–Trinajstić information content (AvgIpc) is 1.65. The van der Waals surface area contributed by atoms with E-state index in [2.05, 4.69) is 4.85 Å². The van der Waals surface area contributed by atoms with Gasteiger partial charge < -0.3 is 4.85 Å². The topological polar surface area (TPSA) is 21.4 Å². The molecule has 1 unspecified atom stereocenters. The van der Waals surface area contributed by atoms with Gasteiger partial charge in [-0.05, 0) is 0 Å². The number of hydrogen-bond donors (Lipinski definition) is 0. The van der Waals surface area contributed by atoms with Crippen LogP contribution >= 0.6 is 0 Å². The molecule has 0 rings (SSSR count). The number of hydrogen-bond acceptors (Lipinski definition) is 1. The maximum absolute atomic E-state index is 10.2. The molecular formula is C5H7NO. The van der Waals surface area contributed by atoms with Crippen molar-refractivity contribution in [2.75, 3.05) is 0 Å². The van der Waals surface area contributed by atoms with E-state index in [1.165, 1.54) is 6.92 Å². The van der Waals surface area contributed by atoms with Crippen molar-refractivity contribution in [3.63, 3.8) is 0 Å². The Morgan fingerprint density at radius 3 is 2.29 bits per heavy atom. The van der Waals surface area contributed by atoms with Crippen LogP contribution in [0.1, 0.15) is 13.8 Å². The molecule has 0 aromatic carbocycles. The lowest BCUT2D eigenvalue weighted by atomic mass is 10.3. The molecule has 2 nitrogen and oxygen atoms in total. The van der Waals surface area contributed by atoms with Gasteiger partial charge in [-0.25, -0.2) is 6.57 Å². The highest BCUT2D eigenvalue weighted by Crippen LogP contribution is 1.86. The lowest BCUT2D eigenvalue weighted by Gasteiger charge is -1.85. The van der Waals surface area contributed by atoms with Gasteiger partial charge in [-0.2, -0.15) is 0 Å². The Labute approximate surface area is 43.0 Å². The van der Waals surface area contributed by atoms with E-state index in [4.69, 9.17) is 6.57 Å². The Morgan fingerprint density at radius 2 is 2.29 bits per heavy atom. The fraction of sp³-hybridized carbons (Fsp3) is 0.600. The Balaban J connectivity index is 3.63. The second-order valence-electron chi connectivity index (χ2n) is 1.42. The van der Waals surface area contributed by atoms with Crippen molar-refractivity contribution in [2.24, 2.45) is 0 Å². The van der Waals surface area contributed by atoms with Gasteiger partial charge in [-0.3, -0.25) is 4.79 Å². The molecular weight excluding hydrogens is 90.1 g/mol. The molecule has 0 amide bonds. The summed E-state index contributed by atoms with van der Waals surface area (Å²) in [6.07, 6.45) is 0. The lowest BCUT2D eigenvalue weighted by molar-refractivity contribution is -0.117. The maximum atomic E-state index is 10.2. The van der Waals surface area contributed by atoms with Crippen molar-refractivity contribution in [2.45, 2.75) is 19.9 Å². The first-order valence-electron chi connectivity index (χ1n) is 2.05. The SMILES string of the molecule is [C-]#[N+]C(C)C(C)=O. The zero-order valence-corrected chi connectivity index (χ0v) is 4.43. The highest BCUT2D eigenvalue weighted by atomic mass is 16.1. The molecule has 0 aliphatic heterocycles. The maximum Gasteiger partial charge on any atom is 0.277 e. The first-order valence-corrected chi connectivity index (χ1v) is 2.05. The molecule has 0 aromatic heterocycles. The molecule has 38 valence electrons. The molecule has 0 heterocycles. The van der Waals surface area contributed by atoms with Crippen molar-refractivity contribution in [3.05, 3.63) is 11.4 Å². The number of rotatable bonds is 1. The van der Waals surface area contributed by atoms with Gasteiger partial charge in [0.25, 0.3) is 6.04 Å². The molecule has 0 aromatic rings. The Kier molecular flexibility index (Phi) is 2.07. The quantitative estimate of drug-likeness (QED) is 0.445. The van der Waals surface area contributed by atoms with Crippen molar-refractivity contribution in [1.82, 2.24) is 0 Å². The van der Waals surface area contributed by atoms with Crippen molar-refractivity contribution in [1.29, 1.82) is 0 Å². The van der Waals surface area contributed by atoms with Gasteiger partial charge in [0.2, 0.25) is 5.78 Å². The minimum atomic E-state index is -0.444. The molecule has 0 saturated heterocycles. The summed E-state index contributed by atoms with van der Waals surface area (Å²) < 4.78 is 0. The zero-order chi connectivity index (χ0) is 5.86. The summed E-state index contributed by atoms with van der Waals surface area (Å²) in [5, 5.41) is 0. The van der Waals surface area contributed by atoms with Crippen molar-refractivity contribution < 1.29 is 4.79 Å². The van der Waals surface area contributed by atoms with Crippen LogP contribution in [-0.4, -0.2) is 11.8 Å². The van der Waals surface area contributed by atoms with E-state index in [0.29, 0.717) is 0 Å². The predicted octanol–water partition coefficient (Wildman–Crippen LogP) is 0.883. The van der Waals surface area contributed by atoms with Gasteiger partial charge in [0.1, 0.15) is 0 Å². The minimum absolute atomic E-state index is 0.0602. The summed E-state index contributed by atoms with van der Waals surface area (Å²) in [7, 11) is 0. The smallest absolute Gasteiger partial charge is 0.277 e. The fourth-order valence-electron chi connectivity index (χ4n) is 0.0909. The number of carbonyl (C=O) groups is 1. The van der Waals surface area contributed by atoms with E-state index >= 15 is 0 Å². The van der Waals surface area contributed by atoms with Crippen LogP contribution in [0.15, 0.2) is 0 Å². The van der Waals surface area contributed by atoms with E-state index in [1.54, 1.807) is 6.92 Å². The average molecular weight is 97.1 g/mol. The van der Waals surface area contributed by atoms with E-state index < -0.39 is 6.04 Å². The summed E-state index contributed by atoms with van der Waals surface area (Å²) in [5.74, 6) is -0.0602.